The molecule has 2 aromatic carbocycles. The van der Waals surface area contributed by atoms with Crippen LogP contribution in [0.1, 0.15) is 39.5 Å². The predicted molar refractivity (Wildman–Crippen MR) is 82.8 cm³/mol. The highest BCUT2D eigenvalue weighted by atomic mass is 16.6. The zero-order valence-corrected chi connectivity index (χ0v) is 12.2. The number of nitrogens with one attached hydrogen (secondary N) is 1. The molecular weight excluding hydrogens is 280 g/mol. The van der Waals surface area contributed by atoms with Crippen molar-refractivity contribution in [3.8, 4) is 0 Å². The minimum atomic E-state index is -0.461. The van der Waals surface area contributed by atoms with Crippen LogP contribution in [0.2, 0.25) is 0 Å². The van der Waals surface area contributed by atoms with Crippen molar-refractivity contribution >= 4 is 11.6 Å². The maximum atomic E-state index is 12.4. The molecule has 0 bridgehead atoms. The molecule has 1 atom stereocenters. The Kier molecular flexibility index (Phi) is 3.63. The molecule has 1 aliphatic carbocycles. The third-order valence-electron chi connectivity index (χ3n) is 4.11. The predicted octanol–water partition coefficient (Wildman–Crippen LogP) is 3.32. The Morgan fingerprint density at radius 1 is 1.27 bits per heavy atom. The molecule has 0 spiro atoms. The van der Waals surface area contributed by atoms with Crippen molar-refractivity contribution in [3.05, 3.63) is 74.8 Å². The minimum absolute atomic E-state index is 0.0240. The Morgan fingerprint density at radius 3 is 2.82 bits per heavy atom. The zero-order valence-electron chi connectivity index (χ0n) is 12.2. The first-order chi connectivity index (χ1) is 10.6. The van der Waals surface area contributed by atoms with Crippen LogP contribution < -0.4 is 5.32 Å². The second kappa shape index (κ2) is 5.60. The van der Waals surface area contributed by atoms with Crippen LogP contribution in [0.4, 0.5) is 5.69 Å². The number of amides is 1. The molecule has 3 rings (SSSR count). The van der Waals surface area contributed by atoms with Crippen molar-refractivity contribution in [3.63, 3.8) is 0 Å². The van der Waals surface area contributed by atoms with Crippen LogP contribution in [-0.4, -0.2) is 10.8 Å². The Morgan fingerprint density at radius 2 is 2.05 bits per heavy atom. The summed E-state index contributed by atoms with van der Waals surface area (Å²) in [5.74, 6) is -0.273. The van der Waals surface area contributed by atoms with Crippen molar-refractivity contribution in [2.75, 3.05) is 0 Å². The number of nitrogens with zero attached hydrogens (tertiary/aromatic N) is 1. The summed E-state index contributed by atoms with van der Waals surface area (Å²) in [6.45, 7) is 1.66. The monoisotopic (exact) mass is 296 g/mol. The van der Waals surface area contributed by atoms with Crippen LogP contribution >= 0.6 is 0 Å². The summed E-state index contributed by atoms with van der Waals surface area (Å²) < 4.78 is 0. The molecule has 1 amide bonds. The molecule has 0 saturated heterocycles. The maximum absolute atomic E-state index is 12.4. The van der Waals surface area contributed by atoms with E-state index in [9.17, 15) is 14.9 Å². The number of carbonyl (C=O) groups is 1. The van der Waals surface area contributed by atoms with E-state index in [-0.39, 0.29) is 17.6 Å². The molecule has 5 heteroatoms. The summed E-state index contributed by atoms with van der Waals surface area (Å²) in [4.78, 5) is 22.9. The van der Waals surface area contributed by atoms with E-state index in [1.165, 1.54) is 11.6 Å². The summed E-state index contributed by atoms with van der Waals surface area (Å²) in [7, 11) is 0. The van der Waals surface area contributed by atoms with E-state index in [1.54, 1.807) is 19.1 Å². The molecule has 5 nitrogen and oxygen atoms in total. The normalized spacial score (nSPS) is 16.1. The van der Waals surface area contributed by atoms with Crippen molar-refractivity contribution in [2.45, 2.75) is 25.8 Å². The van der Waals surface area contributed by atoms with Gasteiger partial charge in [0.05, 0.1) is 11.0 Å². The smallest absolute Gasteiger partial charge is 0.273 e. The lowest BCUT2D eigenvalue weighted by atomic mass is 10.1. The standard InChI is InChI=1S/C17H16N2O3/c1-11-6-7-13(10-16(11)19(21)22)17(20)18-15-9-8-12-4-2-3-5-14(12)15/h2-7,10,15H,8-9H2,1H3,(H,18,20). The van der Waals surface area contributed by atoms with E-state index in [1.807, 2.05) is 18.2 Å². The van der Waals surface area contributed by atoms with Gasteiger partial charge in [-0.2, -0.15) is 0 Å². The highest BCUT2D eigenvalue weighted by molar-refractivity contribution is 5.95. The summed E-state index contributed by atoms with van der Waals surface area (Å²) in [6, 6.07) is 12.6. The van der Waals surface area contributed by atoms with E-state index in [2.05, 4.69) is 11.4 Å². The Hall–Kier alpha value is -2.69. The third kappa shape index (κ3) is 2.57. The van der Waals surface area contributed by atoms with Gasteiger partial charge in [0.25, 0.3) is 11.6 Å². The van der Waals surface area contributed by atoms with Gasteiger partial charge in [-0.1, -0.05) is 30.3 Å². The molecule has 0 aromatic heterocycles. The fraction of sp³-hybridized carbons (Fsp3) is 0.235. The largest absolute Gasteiger partial charge is 0.345 e. The quantitative estimate of drug-likeness (QED) is 0.697. The van der Waals surface area contributed by atoms with Gasteiger partial charge in [0.2, 0.25) is 0 Å². The van der Waals surface area contributed by atoms with Crippen LogP contribution in [0.25, 0.3) is 0 Å². The number of carbonyl (C=O) groups excluding carboxylic acids is 1. The average Bonchev–Trinajstić information content (AvgIpc) is 2.90. The highest BCUT2D eigenvalue weighted by Gasteiger charge is 2.24. The molecular formula is C17H16N2O3. The molecule has 1 aliphatic rings. The van der Waals surface area contributed by atoms with Crippen molar-refractivity contribution in [1.82, 2.24) is 5.32 Å². The number of benzene rings is 2. The van der Waals surface area contributed by atoms with E-state index < -0.39 is 4.92 Å². The number of aryl methyl sites for hydroxylation is 2. The molecule has 22 heavy (non-hydrogen) atoms. The number of rotatable bonds is 3. The second-order valence-electron chi connectivity index (χ2n) is 5.52. The summed E-state index contributed by atoms with van der Waals surface area (Å²) in [6.07, 6.45) is 1.80. The Bertz CT molecular complexity index is 755. The Balaban J connectivity index is 1.81. The zero-order chi connectivity index (χ0) is 15.7. The van der Waals surface area contributed by atoms with Crippen LogP contribution in [0.5, 0.6) is 0 Å². The molecule has 0 radical (unpaired) electrons. The van der Waals surface area contributed by atoms with E-state index in [0.717, 1.165) is 18.4 Å². The second-order valence-corrected chi connectivity index (χ2v) is 5.52. The summed E-state index contributed by atoms with van der Waals surface area (Å²) in [5.41, 5.74) is 3.23. The number of hydrogen-bond donors (Lipinski definition) is 1. The molecule has 112 valence electrons. The topological polar surface area (TPSA) is 72.2 Å². The van der Waals surface area contributed by atoms with Gasteiger partial charge in [0.15, 0.2) is 0 Å². The lowest BCUT2D eigenvalue weighted by Crippen LogP contribution is -2.27. The van der Waals surface area contributed by atoms with Gasteiger partial charge in [-0.3, -0.25) is 14.9 Å². The molecule has 2 aromatic rings. The lowest BCUT2D eigenvalue weighted by Gasteiger charge is -2.14. The maximum Gasteiger partial charge on any atom is 0.273 e. The highest BCUT2D eigenvalue weighted by Crippen LogP contribution is 2.31. The van der Waals surface area contributed by atoms with Gasteiger partial charge >= 0.3 is 0 Å². The SMILES string of the molecule is Cc1ccc(C(=O)NC2CCc3ccccc32)cc1[N+](=O)[O-]. The number of nitro groups is 1. The van der Waals surface area contributed by atoms with Gasteiger partial charge in [-0.25, -0.2) is 0 Å². The van der Waals surface area contributed by atoms with E-state index in [0.29, 0.717) is 11.1 Å². The average molecular weight is 296 g/mol. The van der Waals surface area contributed by atoms with Crippen LogP contribution in [-0.2, 0) is 6.42 Å². The summed E-state index contributed by atoms with van der Waals surface area (Å²) in [5, 5.41) is 14.0. The first-order valence-corrected chi connectivity index (χ1v) is 7.20. The van der Waals surface area contributed by atoms with Crippen molar-refractivity contribution in [1.29, 1.82) is 0 Å². The molecule has 0 aliphatic heterocycles. The molecule has 0 fully saturated rings. The van der Waals surface area contributed by atoms with Gasteiger partial charge in [0, 0.05) is 17.2 Å². The molecule has 1 unspecified atom stereocenters. The minimum Gasteiger partial charge on any atom is -0.345 e. The van der Waals surface area contributed by atoms with Gasteiger partial charge < -0.3 is 5.32 Å². The fourth-order valence-electron chi connectivity index (χ4n) is 2.90. The lowest BCUT2D eigenvalue weighted by molar-refractivity contribution is -0.385. The van der Waals surface area contributed by atoms with E-state index >= 15 is 0 Å². The number of nitro benzene ring substituents is 1. The fourth-order valence-corrected chi connectivity index (χ4v) is 2.90. The van der Waals surface area contributed by atoms with E-state index in [4.69, 9.17) is 0 Å². The molecule has 0 heterocycles. The molecule has 1 N–H and O–H groups in total. The third-order valence-corrected chi connectivity index (χ3v) is 4.11. The van der Waals surface area contributed by atoms with Crippen molar-refractivity contribution in [2.24, 2.45) is 0 Å². The van der Waals surface area contributed by atoms with Gasteiger partial charge in [-0.15, -0.1) is 0 Å². The van der Waals surface area contributed by atoms with Crippen LogP contribution in [0, 0.1) is 17.0 Å². The van der Waals surface area contributed by atoms with Gasteiger partial charge in [-0.05, 0) is 37.0 Å². The first-order valence-electron chi connectivity index (χ1n) is 7.20. The first kappa shape index (κ1) is 14.3. The summed E-state index contributed by atoms with van der Waals surface area (Å²) >= 11 is 0. The van der Waals surface area contributed by atoms with Crippen LogP contribution in [0.15, 0.2) is 42.5 Å². The van der Waals surface area contributed by atoms with Crippen molar-refractivity contribution < 1.29 is 9.72 Å². The molecule has 0 saturated carbocycles. The Labute approximate surface area is 128 Å². The van der Waals surface area contributed by atoms with Crippen LogP contribution in [0.3, 0.4) is 0 Å². The van der Waals surface area contributed by atoms with Gasteiger partial charge in [0.1, 0.15) is 0 Å². The number of fused-ring (bicyclic) bond motifs is 1. The number of hydrogen-bond acceptors (Lipinski definition) is 3.